The number of rotatable bonds is 12. The van der Waals surface area contributed by atoms with Crippen molar-refractivity contribution in [2.24, 2.45) is 5.41 Å². The summed E-state index contributed by atoms with van der Waals surface area (Å²) in [6.45, 7) is 4.32. The molecule has 2 heterocycles. The van der Waals surface area contributed by atoms with Crippen LogP contribution in [0.15, 0.2) is 66.9 Å². The number of carbonyl (C=O) groups excluding carboxylic acids is 3. The minimum Gasteiger partial charge on any atom is -0.497 e. The number of nitrogens with one attached hydrogen (secondary N) is 2. The summed E-state index contributed by atoms with van der Waals surface area (Å²) in [5, 5.41) is 5.87. The van der Waals surface area contributed by atoms with Gasteiger partial charge in [-0.1, -0.05) is 49.4 Å². The normalized spacial score (nSPS) is 17.0. The molecule has 2 atom stereocenters. The zero-order valence-corrected chi connectivity index (χ0v) is 24.0. The summed E-state index contributed by atoms with van der Waals surface area (Å²) in [6, 6.07) is 16.8. The van der Waals surface area contributed by atoms with Gasteiger partial charge in [0.25, 0.3) is 5.91 Å². The number of nitrogens with zero attached hydrogens (tertiary/aromatic N) is 3. The first-order valence-electron chi connectivity index (χ1n) is 14.3. The lowest BCUT2D eigenvalue weighted by molar-refractivity contribution is -0.131. The Morgan fingerprint density at radius 1 is 0.929 bits per heavy atom. The van der Waals surface area contributed by atoms with Gasteiger partial charge in [-0.05, 0) is 48.6 Å². The van der Waals surface area contributed by atoms with Gasteiger partial charge in [-0.3, -0.25) is 14.4 Å². The molecule has 10 heteroatoms. The fraction of sp³-hybridized carbons (Fsp3) is 0.406. The molecule has 0 bridgehead atoms. The Morgan fingerprint density at radius 2 is 1.60 bits per heavy atom. The van der Waals surface area contributed by atoms with Gasteiger partial charge in [0.05, 0.1) is 26.4 Å². The Labute approximate surface area is 245 Å². The minimum atomic E-state index is -0.953. The number of hydrogen-bond acceptors (Lipinski definition) is 8. The van der Waals surface area contributed by atoms with Crippen molar-refractivity contribution < 1.29 is 23.9 Å². The number of benzene rings is 2. The molecular weight excluding hydrogens is 534 g/mol. The third kappa shape index (κ3) is 7.30. The molecule has 2 unspecified atom stereocenters. The van der Waals surface area contributed by atoms with Gasteiger partial charge in [0.15, 0.2) is 5.78 Å². The lowest BCUT2D eigenvalue weighted by atomic mass is 9.92. The molecule has 42 heavy (non-hydrogen) atoms. The van der Waals surface area contributed by atoms with Crippen LogP contribution in [0, 0.1) is 5.41 Å². The number of morpholine rings is 1. The summed E-state index contributed by atoms with van der Waals surface area (Å²) in [5.41, 5.74) is 1.50. The van der Waals surface area contributed by atoms with Gasteiger partial charge in [-0.25, -0.2) is 9.97 Å². The zero-order valence-electron chi connectivity index (χ0n) is 24.0. The number of anilines is 1. The van der Waals surface area contributed by atoms with Crippen LogP contribution in [0.5, 0.6) is 5.75 Å². The Kier molecular flexibility index (Phi) is 9.12. The highest BCUT2D eigenvalue weighted by Gasteiger charge is 2.48. The first-order chi connectivity index (χ1) is 20.3. The van der Waals surface area contributed by atoms with E-state index in [2.05, 4.69) is 20.6 Å². The van der Waals surface area contributed by atoms with Crippen LogP contribution < -0.4 is 20.3 Å². The molecular formula is C32H37N5O5. The van der Waals surface area contributed by atoms with Crippen LogP contribution >= 0.6 is 0 Å². The second-order valence-electron chi connectivity index (χ2n) is 11.1. The standard InChI is InChI=1S/C32H37N5O5/c1-32(13-14-32)28(38)26(20-22-6-4-3-5-7-22)34-30(40)27(21-23-8-10-24(41-2)11-9-23)35-29(39)25-12-15-33-31(36-25)37-16-18-42-19-17-37/h3-12,15,26-27H,13-14,16-21H2,1-2H3,(H,34,40)(H,35,39). The number of aromatic nitrogens is 2. The van der Waals surface area contributed by atoms with Gasteiger partial charge in [0.1, 0.15) is 17.5 Å². The van der Waals surface area contributed by atoms with E-state index in [1.165, 1.54) is 12.3 Å². The molecule has 1 aliphatic heterocycles. The van der Waals surface area contributed by atoms with E-state index in [4.69, 9.17) is 9.47 Å². The van der Waals surface area contributed by atoms with Crippen molar-refractivity contribution >= 4 is 23.5 Å². The highest BCUT2D eigenvalue weighted by molar-refractivity contribution is 5.99. The number of amides is 2. The van der Waals surface area contributed by atoms with Crippen molar-refractivity contribution in [1.82, 2.24) is 20.6 Å². The number of carbonyl (C=O) groups is 3. The summed E-state index contributed by atoms with van der Waals surface area (Å²) in [4.78, 5) is 51.6. The highest BCUT2D eigenvalue weighted by Crippen LogP contribution is 2.46. The van der Waals surface area contributed by atoms with Gasteiger partial charge in [0, 0.05) is 31.1 Å². The van der Waals surface area contributed by atoms with Crippen LogP contribution in [0.4, 0.5) is 5.95 Å². The maximum absolute atomic E-state index is 13.8. The van der Waals surface area contributed by atoms with Crippen LogP contribution in [0.3, 0.4) is 0 Å². The van der Waals surface area contributed by atoms with E-state index >= 15 is 0 Å². The zero-order chi connectivity index (χ0) is 29.5. The molecule has 5 rings (SSSR count). The number of hydrogen-bond donors (Lipinski definition) is 2. The first kappa shape index (κ1) is 29.2. The van der Waals surface area contributed by atoms with E-state index in [-0.39, 0.29) is 17.9 Å². The van der Waals surface area contributed by atoms with E-state index in [9.17, 15) is 14.4 Å². The molecule has 1 saturated carbocycles. The first-order valence-corrected chi connectivity index (χ1v) is 14.3. The van der Waals surface area contributed by atoms with E-state index < -0.39 is 29.3 Å². The van der Waals surface area contributed by atoms with Crippen LogP contribution in [0.1, 0.15) is 41.4 Å². The molecule has 2 aromatic carbocycles. The van der Waals surface area contributed by atoms with E-state index in [0.29, 0.717) is 44.4 Å². The molecule has 2 fully saturated rings. The van der Waals surface area contributed by atoms with Crippen LogP contribution in [-0.2, 0) is 27.2 Å². The molecule has 1 saturated heterocycles. The van der Waals surface area contributed by atoms with Crippen LogP contribution in [0.2, 0.25) is 0 Å². The predicted molar refractivity (Wildman–Crippen MR) is 157 cm³/mol. The van der Waals surface area contributed by atoms with Gasteiger partial charge >= 0.3 is 0 Å². The van der Waals surface area contributed by atoms with Gasteiger partial charge in [0.2, 0.25) is 11.9 Å². The molecule has 0 radical (unpaired) electrons. The average molecular weight is 572 g/mol. The number of ketones is 1. The van der Waals surface area contributed by atoms with Crippen molar-refractivity contribution in [3.8, 4) is 5.75 Å². The van der Waals surface area contributed by atoms with Gasteiger partial charge < -0.3 is 25.0 Å². The molecule has 2 aliphatic rings. The third-order valence-electron chi connectivity index (χ3n) is 7.90. The Balaban J connectivity index is 1.37. The lowest BCUT2D eigenvalue weighted by Crippen LogP contribution is -2.54. The molecule has 1 aliphatic carbocycles. The van der Waals surface area contributed by atoms with Crippen molar-refractivity contribution in [2.45, 2.75) is 44.7 Å². The third-order valence-corrected chi connectivity index (χ3v) is 7.90. The smallest absolute Gasteiger partial charge is 0.270 e. The maximum Gasteiger partial charge on any atom is 0.270 e. The monoisotopic (exact) mass is 571 g/mol. The van der Waals surface area contributed by atoms with Crippen molar-refractivity contribution in [2.75, 3.05) is 38.3 Å². The quantitative estimate of drug-likeness (QED) is 0.340. The highest BCUT2D eigenvalue weighted by atomic mass is 16.5. The van der Waals surface area contributed by atoms with Crippen LogP contribution in [-0.4, -0.2) is 73.1 Å². The van der Waals surface area contributed by atoms with Crippen molar-refractivity contribution in [3.63, 3.8) is 0 Å². The summed E-state index contributed by atoms with van der Waals surface area (Å²) < 4.78 is 10.7. The number of methoxy groups -OCH3 is 1. The SMILES string of the molecule is COc1ccc(CC(NC(=O)c2ccnc(N3CCOCC3)n2)C(=O)NC(Cc2ccccc2)C(=O)C2(C)CC2)cc1. The second kappa shape index (κ2) is 13.1. The molecule has 220 valence electrons. The van der Waals surface area contributed by atoms with E-state index in [1.54, 1.807) is 19.2 Å². The Bertz CT molecular complexity index is 1390. The average Bonchev–Trinajstić information content (AvgIpc) is 3.79. The van der Waals surface area contributed by atoms with E-state index in [1.807, 2.05) is 54.3 Å². The Hall–Kier alpha value is -4.31. The molecule has 10 nitrogen and oxygen atoms in total. The molecule has 3 aromatic rings. The molecule has 2 amide bonds. The fourth-order valence-corrected chi connectivity index (χ4v) is 5.02. The fourth-order valence-electron chi connectivity index (χ4n) is 5.02. The molecule has 2 N–H and O–H groups in total. The maximum atomic E-state index is 13.8. The number of Topliss-reactive ketones (excluding diaryl/α,β-unsaturated/α-hetero) is 1. The van der Waals surface area contributed by atoms with Gasteiger partial charge in [-0.2, -0.15) is 0 Å². The summed E-state index contributed by atoms with van der Waals surface area (Å²) in [5.74, 6) is 0.209. The topological polar surface area (TPSA) is 123 Å². The number of ether oxygens (including phenoxy) is 2. The van der Waals surface area contributed by atoms with Crippen molar-refractivity contribution in [3.05, 3.63) is 83.7 Å². The summed E-state index contributed by atoms with van der Waals surface area (Å²) in [7, 11) is 1.59. The van der Waals surface area contributed by atoms with E-state index in [0.717, 1.165) is 24.0 Å². The molecule has 1 aromatic heterocycles. The van der Waals surface area contributed by atoms with Crippen LogP contribution in [0.25, 0.3) is 0 Å². The second-order valence-corrected chi connectivity index (χ2v) is 11.1. The summed E-state index contributed by atoms with van der Waals surface area (Å²) in [6.07, 6.45) is 3.73. The summed E-state index contributed by atoms with van der Waals surface area (Å²) >= 11 is 0. The van der Waals surface area contributed by atoms with Crippen molar-refractivity contribution in [1.29, 1.82) is 0 Å². The predicted octanol–water partition coefficient (Wildman–Crippen LogP) is 2.76. The Morgan fingerprint density at radius 3 is 2.26 bits per heavy atom. The minimum absolute atomic E-state index is 0.0141. The lowest BCUT2D eigenvalue weighted by Gasteiger charge is -2.27. The largest absolute Gasteiger partial charge is 0.497 e. The van der Waals surface area contributed by atoms with Gasteiger partial charge in [-0.15, -0.1) is 0 Å². The molecule has 0 spiro atoms.